The molecule has 2 atom stereocenters. The van der Waals surface area contributed by atoms with E-state index in [2.05, 4.69) is 10.3 Å². The topological polar surface area (TPSA) is 126 Å². The van der Waals surface area contributed by atoms with Crippen LogP contribution in [0.2, 0.25) is 0 Å². The van der Waals surface area contributed by atoms with Crippen molar-refractivity contribution in [2.75, 3.05) is 6.54 Å². The molecular weight excluding hydrogens is 600 g/mol. The van der Waals surface area contributed by atoms with Gasteiger partial charge in [0, 0.05) is 23.5 Å². The van der Waals surface area contributed by atoms with E-state index in [1.54, 1.807) is 18.3 Å². The SMILES string of the molecule is Cc1ccc([C@@H](O)C(Cc2ccccc2)NCCc2ccc(S(=O)(=O)c3ccc(OCc4ccccc4)c(C(=O)O)c3)cc2)cn1. The average molecular weight is 637 g/mol. The number of aromatic nitrogens is 1. The summed E-state index contributed by atoms with van der Waals surface area (Å²) in [6.07, 6.45) is 2.14. The Morgan fingerprint density at radius 3 is 2.11 bits per heavy atom. The number of aryl methyl sites for hydroxylation is 1. The van der Waals surface area contributed by atoms with Crippen molar-refractivity contribution in [3.63, 3.8) is 0 Å². The molecule has 236 valence electrons. The van der Waals surface area contributed by atoms with E-state index in [0.717, 1.165) is 34.0 Å². The van der Waals surface area contributed by atoms with Gasteiger partial charge in [0.25, 0.3) is 0 Å². The van der Waals surface area contributed by atoms with Crippen molar-refractivity contribution in [2.45, 2.75) is 48.3 Å². The molecule has 9 heteroatoms. The molecule has 3 N–H and O–H groups in total. The molecule has 5 rings (SSSR count). The lowest BCUT2D eigenvalue weighted by molar-refractivity contribution is 0.0691. The van der Waals surface area contributed by atoms with Crippen LogP contribution in [-0.2, 0) is 29.3 Å². The number of nitrogens with zero attached hydrogens (tertiary/aromatic N) is 1. The van der Waals surface area contributed by atoms with Gasteiger partial charge in [-0.05, 0) is 79.4 Å². The number of rotatable bonds is 14. The second-order valence-electron chi connectivity index (χ2n) is 11.1. The van der Waals surface area contributed by atoms with Crippen LogP contribution in [0, 0.1) is 6.92 Å². The van der Waals surface area contributed by atoms with Crippen LogP contribution in [-0.4, -0.2) is 42.2 Å². The lowest BCUT2D eigenvalue weighted by Gasteiger charge is -2.25. The summed E-state index contributed by atoms with van der Waals surface area (Å²) in [5, 5.41) is 24.5. The third kappa shape index (κ3) is 8.25. The summed E-state index contributed by atoms with van der Waals surface area (Å²) < 4.78 is 32.6. The number of ether oxygens (including phenoxy) is 1. The number of aliphatic hydroxyl groups excluding tert-OH is 1. The molecule has 5 aromatic rings. The molecule has 0 aliphatic heterocycles. The van der Waals surface area contributed by atoms with Crippen LogP contribution in [0.3, 0.4) is 0 Å². The number of hydrogen-bond donors (Lipinski definition) is 3. The van der Waals surface area contributed by atoms with Crippen molar-refractivity contribution in [3.05, 3.63) is 155 Å². The first-order valence-electron chi connectivity index (χ1n) is 15.0. The molecule has 0 spiro atoms. The van der Waals surface area contributed by atoms with E-state index in [9.17, 15) is 23.4 Å². The normalized spacial score (nSPS) is 12.7. The zero-order chi connectivity index (χ0) is 32.5. The maximum absolute atomic E-state index is 13.4. The molecule has 0 bridgehead atoms. The highest BCUT2D eigenvalue weighted by atomic mass is 32.2. The number of hydrogen-bond acceptors (Lipinski definition) is 7. The van der Waals surface area contributed by atoms with E-state index in [1.165, 1.54) is 24.3 Å². The molecule has 1 aromatic heterocycles. The van der Waals surface area contributed by atoms with Crippen LogP contribution < -0.4 is 10.1 Å². The summed E-state index contributed by atoms with van der Waals surface area (Å²) in [7, 11) is -3.98. The Morgan fingerprint density at radius 2 is 1.48 bits per heavy atom. The quantitative estimate of drug-likeness (QED) is 0.136. The average Bonchev–Trinajstić information content (AvgIpc) is 3.08. The number of carboxylic acids is 1. The number of aromatic carboxylic acids is 1. The third-order valence-electron chi connectivity index (χ3n) is 7.74. The summed E-state index contributed by atoms with van der Waals surface area (Å²) in [4.78, 5) is 16.2. The summed E-state index contributed by atoms with van der Waals surface area (Å²) >= 11 is 0. The molecule has 0 aliphatic carbocycles. The van der Waals surface area contributed by atoms with Gasteiger partial charge < -0.3 is 20.3 Å². The predicted octanol–water partition coefficient (Wildman–Crippen LogP) is 5.98. The molecule has 0 fully saturated rings. The maximum Gasteiger partial charge on any atom is 0.339 e. The molecule has 0 radical (unpaired) electrons. The first-order chi connectivity index (χ1) is 22.2. The van der Waals surface area contributed by atoms with E-state index in [0.29, 0.717) is 19.4 Å². The molecule has 1 heterocycles. The number of carboxylic acid groups (broad SMARTS) is 1. The second-order valence-corrected chi connectivity index (χ2v) is 13.0. The van der Waals surface area contributed by atoms with Gasteiger partial charge in [0.2, 0.25) is 9.84 Å². The van der Waals surface area contributed by atoms with Gasteiger partial charge in [0.1, 0.15) is 17.9 Å². The number of nitrogens with one attached hydrogen (secondary N) is 1. The van der Waals surface area contributed by atoms with Crippen LogP contribution in [0.5, 0.6) is 5.75 Å². The van der Waals surface area contributed by atoms with Crippen LogP contribution >= 0.6 is 0 Å². The monoisotopic (exact) mass is 636 g/mol. The smallest absolute Gasteiger partial charge is 0.339 e. The van der Waals surface area contributed by atoms with E-state index in [4.69, 9.17) is 4.74 Å². The Morgan fingerprint density at radius 1 is 0.826 bits per heavy atom. The first kappa shape index (κ1) is 32.6. The fourth-order valence-electron chi connectivity index (χ4n) is 5.13. The standard InChI is InChI=1S/C37H36N2O6S/c1-26-12-15-30(24-39-26)36(40)34(22-28-8-4-2-5-9-28)38-21-20-27-13-16-31(17-14-27)46(43,44)32-18-19-35(33(23-32)37(41)42)45-25-29-10-6-3-7-11-29/h2-19,23-24,34,36,38,40H,20-22,25H2,1H3,(H,41,42)/t34?,36-/m1/s1. The zero-order valence-corrected chi connectivity index (χ0v) is 26.2. The number of carbonyl (C=O) groups is 1. The Balaban J connectivity index is 1.25. The molecule has 0 saturated carbocycles. The van der Waals surface area contributed by atoms with Gasteiger partial charge in [-0.1, -0.05) is 78.9 Å². The van der Waals surface area contributed by atoms with Gasteiger partial charge in [-0.3, -0.25) is 4.98 Å². The fraction of sp³-hybridized carbons (Fsp3) is 0.189. The number of aliphatic hydroxyl groups is 1. The molecule has 0 aliphatic rings. The first-order valence-corrected chi connectivity index (χ1v) is 16.4. The molecule has 0 amide bonds. The van der Waals surface area contributed by atoms with E-state index < -0.39 is 21.9 Å². The molecular formula is C37H36N2O6S. The lowest BCUT2D eigenvalue weighted by atomic mass is 9.96. The van der Waals surface area contributed by atoms with Crippen LogP contribution in [0.4, 0.5) is 0 Å². The van der Waals surface area contributed by atoms with Crippen molar-refractivity contribution in [1.82, 2.24) is 10.3 Å². The van der Waals surface area contributed by atoms with Crippen LogP contribution in [0.15, 0.2) is 131 Å². The lowest BCUT2D eigenvalue weighted by Crippen LogP contribution is -2.38. The molecule has 8 nitrogen and oxygen atoms in total. The van der Waals surface area contributed by atoms with Gasteiger partial charge >= 0.3 is 5.97 Å². The maximum atomic E-state index is 13.4. The third-order valence-corrected chi connectivity index (χ3v) is 9.51. The van der Waals surface area contributed by atoms with Gasteiger partial charge in [0.15, 0.2) is 0 Å². The Hall–Kier alpha value is -4.83. The van der Waals surface area contributed by atoms with Crippen LogP contribution in [0.25, 0.3) is 0 Å². The molecule has 1 unspecified atom stereocenters. The highest BCUT2D eigenvalue weighted by Gasteiger charge is 2.23. The predicted molar refractivity (Wildman–Crippen MR) is 176 cm³/mol. The van der Waals surface area contributed by atoms with E-state index >= 15 is 0 Å². The summed E-state index contributed by atoms with van der Waals surface area (Å²) in [5.41, 5.74) is 4.24. The van der Waals surface area contributed by atoms with Crippen molar-refractivity contribution in [3.8, 4) is 5.75 Å². The fourth-order valence-corrected chi connectivity index (χ4v) is 6.41. The Labute approximate surface area is 269 Å². The zero-order valence-electron chi connectivity index (χ0n) is 25.4. The van der Waals surface area contributed by atoms with Gasteiger partial charge in [-0.15, -0.1) is 0 Å². The Kier molecular flexibility index (Phi) is 10.6. The van der Waals surface area contributed by atoms with Crippen molar-refractivity contribution in [1.29, 1.82) is 0 Å². The molecule has 46 heavy (non-hydrogen) atoms. The van der Waals surface area contributed by atoms with Crippen molar-refractivity contribution >= 4 is 15.8 Å². The molecule has 0 saturated heterocycles. The highest BCUT2D eigenvalue weighted by Crippen LogP contribution is 2.28. The summed E-state index contributed by atoms with van der Waals surface area (Å²) in [6, 6.07) is 33.2. The minimum absolute atomic E-state index is 0.0581. The van der Waals surface area contributed by atoms with E-state index in [1.807, 2.05) is 79.7 Å². The number of pyridine rings is 1. The van der Waals surface area contributed by atoms with Crippen molar-refractivity contribution in [2.24, 2.45) is 0 Å². The second kappa shape index (κ2) is 15.0. The largest absolute Gasteiger partial charge is 0.488 e. The molecule has 4 aromatic carbocycles. The minimum Gasteiger partial charge on any atom is -0.488 e. The number of sulfone groups is 1. The van der Waals surface area contributed by atoms with Crippen LogP contribution in [0.1, 0.15) is 44.4 Å². The summed E-state index contributed by atoms with van der Waals surface area (Å²) in [6.45, 7) is 2.60. The van der Waals surface area contributed by atoms with Gasteiger partial charge in [-0.25, -0.2) is 13.2 Å². The number of benzene rings is 4. The van der Waals surface area contributed by atoms with E-state index in [-0.39, 0.29) is 33.8 Å². The Bertz CT molecular complexity index is 1850. The van der Waals surface area contributed by atoms with Gasteiger partial charge in [-0.2, -0.15) is 0 Å². The van der Waals surface area contributed by atoms with Crippen molar-refractivity contribution < 1.29 is 28.2 Å². The summed E-state index contributed by atoms with van der Waals surface area (Å²) in [5.74, 6) is -1.19. The minimum atomic E-state index is -3.98. The highest BCUT2D eigenvalue weighted by molar-refractivity contribution is 7.91. The van der Waals surface area contributed by atoms with Gasteiger partial charge in [0.05, 0.1) is 15.9 Å².